The molecule has 0 saturated carbocycles. The van der Waals surface area contributed by atoms with Crippen LogP contribution in [0.15, 0.2) is 36.4 Å². The minimum absolute atomic E-state index is 0.0404. The summed E-state index contributed by atoms with van der Waals surface area (Å²) in [7, 11) is 0. The first-order valence-electron chi connectivity index (χ1n) is 13.3. The predicted octanol–water partition coefficient (Wildman–Crippen LogP) is 4.39. The standard InChI is InChI=1S/C28H33F3N4O3/c29-28(30,31)22-6-3-19(4-7-22)24(27(37)38)35-15-11-21(17-35)26(36)34-13-9-18(10-14-34)16-23-8-5-20-2-1-12-32-25(20)33-23/h3-8,18,21,24H,1-2,9-17H2,(H,32,33)(H,37,38)/t21-,24?/m1/s1. The smallest absolute Gasteiger partial charge is 0.416 e. The third kappa shape index (κ3) is 5.80. The van der Waals surface area contributed by atoms with Gasteiger partial charge in [0, 0.05) is 38.4 Å². The second-order valence-electron chi connectivity index (χ2n) is 10.7. The number of hydrogen-bond donors (Lipinski definition) is 2. The molecule has 2 aromatic rings. The van der Waals surface area contributed by atoms with Gasteiger partial charge in [0.2, 0.25) is 5.91 Å². The van der Waals surface area contributed by atoms with Crippen molar-refractivity contribution in [2.75, 3.05) is 38.0 Å². The highest BCUT2D eigenvalue weighted by atomic mass is 19.4. The van der Waals surface area contributed by atoms with Crippen molar-refractivity contribution in [3.05, 3.63) is 58.8 Å². The lowest BCUT2D eigenvalue weighted by Crippen LogP contribution is -2.43. The summed E-state index contributed by atoms with van der Waals surface area (Å²) >= 11 is 0. The van der Waals surface area contributed by atoms with Gasteiger partial charge in [-0.25, -0.2) is 4.98 Å². The van der Waals surface area contributed by atoms with Gasteiger partial charge in [0.15, 0.2) is 0 Å². The molecule has 0 radical (unpaired) electrons. The number of carbonyl (C=O) groups is 2. The van der Waals surface area contributed by atoms with Crippen molar-refractivity contribution in [3.8, 4) is 0 Å². The predicted molar refractivity (Wildman–Crippen MR) is 136 cm³/mol. The normalized spacial score (nSPS) is 21.6. The van der Waals surface area contributed by atoms with Crippen LogP contribution in [0.2, 0.25) is 0 Å². The Morgan fingerprint density at radius 3 is 2.47 bits per heavy atom. The number of aliphatic carboxylic acids is 1. The van der Waals surface area contributed by atoms with Crippen LogP contribution in [0.5, 0.6) is 0 Å². The summed E-state index contributed by atoms with van der Waals surface area (Å²) in [6.45, 7) is 2.99. The molecule has 1 amide bonds. The molecule has 7 nitrogen and oxygen atoms in total. The maximum atomic E-state index is 13.3. The van der Waals surface area contributed by atoms with Gasteiger partial charge >= 0.3 is 12.1 Å². The number of amides is 1. The van der Waals surface area contributed by atoms with Gasteiger partial charge in [0.05, 0.1) is 11.5 Å². The van der Waals surface area contributed by atoms with Gasteiger partial charge in [-0.15, -0.1) is 0 Å². The van der Waals surface area contributed by atoms with Gasteiger partial charge in [-0.05, 0) is 73.8 Å². The van der Waals surface area contributed by atoms with E-state index in [1.807, 2.05) is 4.90 Å². The van der Waals surface area contributed by atoms with E-state index in [4.69, 9.17) is 4.98 Å². The molecule has 2 fully saturated rings. The molecule has 2 N–H and O–H groups in total. The number of hydrogen-bond acceptors (Lipinski definition) is 5. The first-order chi connectivity index (χ1) is 18.2. The van der Waals surface area contributed by atoms with Crippen molar-refractivity contribution in [1.82, 2.24) is 14.8 Å². The van der Waals surface area contributed by atoms with E-state index in [-0.39, 0.29) is 23.9 Å². The number of likely N-dealkylation sites (tertiary alicyclic amines) is 2. The minimum Gasteiger partial charge on any atom is -0.480 e. The van der Waals surface area contributed by atoms with Crippen LogP contribution >= 0.6 is 0 Å². The van der Waals surface area contributed by atoms with Crippen LogP contribution in [0.3, 0.4) is 0 Å². The quantitative estimate of drug-likeness (QED) is 0.577. The van der Waals surface area contributed by atoms with E-state index in [1.54, 1.807) is 4.90 Å². The van der Waals surface area contributed by atoms with Crippen LogP contribution in [0, 0.1) is 11.8 Å². The number of benzene rings is 1. The topological polar surface area (TPSA) is 85.8 Å². The number of alkyl halides is 3. The zero-order valence-corrected chi connectivity index (χ0v) is 21.2. The second kappa shape index (κ2) is 10.9. The largest absolute Gasteiger partial charge is 0.480 e. The van der Waals surface area contributed by atoms with Gasteiger partial charge < -0.3 is 15.3 Å². The number of nitrogens with zero attached hydrogens (tertiary/aromatic N) is 3. The molecule has 204 valence electrons. The zero-order valence-electron chi connectivity index (χ0n) is 21.2. The van der Waals surface area contributed by atoms with Gasteiger partial charge in [0.1, 0.15) is 11.9 Å². The molecule has 2 atom stereocenters. The number of pyridine rings is 1. The monoisotopic (exact) mass is 530 g/mol. The molecule has 3 aliphatic heterocycles. The second-order valence-corrected chi connectivity index (χ2v) is 10.7. The van der Waals surface area contributed by atoms with Crippen LogP contribution < -0.4 is 5.32 Å². The summed E-state index contributed by atoms with van der Waals surface area (Å²) in [5.74, 6) is 0.0620. The third-order valence-electron chi connectivity index (χ3n) is 8.10. The van der Waals surface area contributed by atoms with Gasteiger partial charge in [-0.3, -0.25) is 14.5 Å². The minimum atomic E-state index is -4.48. The van der Waals surface area contributed by atoms with Gasteiger partial charge in [0.25, 0.3) is 0 Å². The van der Waals surface area contributed by atoms with Crippen molar-refractivity contribution >= 4 is 17.7 Å². The van der Waals surface area contributed by atoms with Crippen LogP contribution in [-0.2, 0) is 28.6 Å². The van der Waals surface area contributed by atoms with E-state index in [1.165, 1.54) is 17.7 Å². The Kier molecular flexibility index (Phi) is 7.61. The molecule has 10 heteroatoms. The van der Waals surface area contributed by atoms with E-state index >= 15 is 0 Å². The Morgan fingerprint density at radius 2 is 1.79 bits per heavy atom. The number of aromatic nitrogens is 1. The Balaban J connectivity index is 1.15. The van der Waals surface area contributed by atoms with Gasteiger partial charge in [-0.1, -0.05) is 18.2 Å². The number of halogens is 3. The fourth-order valence-corrected chi connectivity index (χ4v) is 5.98. The Bertz CT molecular complexity index is 1160. The summed E-state index contributed by atoms with van der Waals surface area (Å²) in [6, 6.07) is 7.45. The lowest BCUT2D eigenvalue weighted by atomic mass is 9.91. The zero-order chi connectivity index (χ0) is 26.9. The van der Waals surface area contributed by atoms with Gasteiger partial charge in [-0.2, -0.15) is 13.2 Å². The van der Waals surface area contributed by atoms with E-state index in [9.17, 15) is 27.9 Å². The molecule has 2 saturated heterocycles. The Hall–Kier alpha value is -3.14. The van der Waals surface area contributed by atoms with Crippen molar-refractivity contribution in [2.45, 2.75) is 50.7 Å². The summed E-state index contributed by atoms with van der Waals surface area (Å²) in [4.78, 5) is 33.7. The van der Waals surface area contributed by atoms with Crippen molar-refractivity contribution in [1.29, 1.82) is 0 Å². The molecule has 3 aliphatic rings. The summed E-state index contributed by atoms with van der Waals surface area (Å²) in [6.07, 6.45) is 0.938. The molecule has 0 aliphatic carbocycles. The summed E-state index contributed by atoms with van der Waals surface area (Å²) in [5, 5.41) is 13.2. The molecule has 0 bridgehead atoms. The molecule has 4 heterocycles. The average molecular weight is 531 g/mol. The first kappa shape index (κ1) is 26.5. The highest BCUT2D eigenvalue weighted by Crippen LogP contribution is 2.34. The molecular formula is C28H33F3N4O3. The maximum absolute atomic E-state index is 13.3. The van der Waals surface area contributed by atoms with Crippen LogP contribution in [0.1, 0.15) is 54.1 Å². The number of anilines is 1. The summed E-state index contributed by atoms with van der Waals surface area (Å²) in [5.41, 5.74) is 1.82. The molecule has 1 unspecified atom stereocenters. The number of nitrogens with one attached hydrogen (secondary N) is 1. The molecule has 5 rings (SSSR count). The first-order valence-corrected chi connectivity index (χ1v) is 13.3. The number of aryl methyl sites for hydroxylation is 1. The molecule has 0 spiro atoms. The number of rotatable bonds is 6. The molecule has 38 heavy (non-hydrogen) atoms. The van der Waals surface area contributed by atoms with E-state index < -0.39 is 23.8 Å². The highest BCUT2D eigenvalue weighted by Gasteiger charge is 2.39. The SMILES string of the molecule is O=C(O)C(c1ccc(C(F)(F)F)cc1)N1CC[C@@H](C(=O)N2CCC(Cc3ccc4c(n3)NCCC4)CC2)C1. The lowest BCUT2D eigenvalue weighted by Gasteiger charge is -2.34. The molecule has 1 aromatic heterocycles. The number of carboxylic acid groups (broad SMARTS) is 1. The fraction of sp³-hybridized carbons (Fsp3) is 0.536. The maximum Gasteiger partial charge on any atom is 0.416 e. The van der Waals surface area contributed by atoms with Crippen molar-refractivity contribution < 1.29 is 27.9 Å². The van der Waals surface area contributed by atoms with E-state index in [0.29, 0.717) is 32.0 Å². The van der Waals surface area contributed by atoms with Crippen LogP contribution in [0.4, 0.5) is 19.0 Å². The average Bonchev–Trinajstić information content (AvgIpc) is 3.38. The number of piperidine rings is 1. The molecular weight excluding hydrogens is 497 g/mol. The molecule has 1 aromatic carbocycles. The van der Waals surface area contributed by atoms with Crippen molar-refractivity contribution in [2.24, 2.45) is 11.8 Å². The third-order valence-corrected chi connectivity index (χ3v) is 8.10. The van der Waals surface area contributed by atoms with Crippen LogP contribution in [-0.4, -0.2) is 64.5 Å². The highest BCUT2D eigenvalue weighted by molar-refractivity contribution is 5.80. The van der Waals surface area contributed by atoms with E-state index in [2.05, 4.69) is 17.4 Å². The fourth-order valence-electron chi connectivity index (χ4n) is 5.98. The Labute approximate surface area is 220 Å². The summed E-state index contributed by atoms with van der Waals surface area (Å²) < 4.78 is 38.8. The lowest BCUT2D eigenvalue weighted by molar-refractivity contribution is -0.144. The Morgan fingerprint density at radius 1 is 1.05 bits per heavy atom. The number of carbonyl (C=O) groups excluding carboxylic acids is 1. The van der Waals surface area contributed by atoms with E-state index in [0.717, 1.165) is 62.3 Å². The number of carboxylic acids is 1. The van der Waals surface area contributed by atoms with Crippen molar-refractivity contribution in [3.63, 3.8) is 0 Å². The number of fused-ring (bicyclic) bond motifs is 1. The van der Waals surface area contributed by atoms with Crippen LogP contribution in [0.25, 0.3) is 0 Å².